The predicted octanol–water partition coefficient (Wildman–Crippen LogP) is 2.53. The molecule has 0 aliphatic carbocycles. The zero-order valence-corrected chi connectivity index (χ0v) is 9.01. The average molecular weight is 247 g/mol. The minimum absolute atomic E-state index is 0.254. The Bertz CT molecular complexity index is 215. The second-order valence-corrected chi connectivity index (χ2v) is 4.17. The van der Waals surface area contributed by atoms with Gasteiger partial charge in [-0.3, -0.25) is 0 Å². The van der Waals surface area contributed by atoms with Crippen molar-refractivity contribution in [2.75, 3.05) is 11.1 Å². The summed E-state index contributed by atoms with van der Waals surface area (Å²) in [6, 6.07) is 10.1. The average Bonchev–Trinajstić information content (AvgIpc) is 2.16. The molecule has 66 valence electrons. The van der Waals surface area contributed by atoms with Crippen molar-refractivity contribution in [3.63, 3.8) is 0 Å². The molecule has 0 bridgehead atoms. The standard InChI is InChI=1S/C9H11BrOS/c10-6-8(11)7-12-9-4-2-1-3-5-9/h1-5,8,11H,6-7H2. The van der Waals surface area contributed by atoms with E-state index in [0.717, 1.165) is 5.75 Å². The fourth-order valence-electron chi connectivity index (χ4n) is 0.754. The summed E-state index contributed by atoms with van der Waals surface area (Å²) in [4.78, 5) is 1.21. The van der Waals surface area contributed by atoms with Gasteiger partial charge < -0.3 is 5.11 Å². The number of alkyl halides is 1. The van der Waals surface area contributed by atoms with Crippen molar-refractivity contribution in [3.05, 3.63) is 30.3 Å². The molecule has 0 aromatic heterocycles. The van der Waals surface area contributed by atoms with Gasteiger partial charge in [-0.2, -0.15) is 0 Å². The van der Waals surface area contributed by atoms with Gasteiger partial charge >= 0.3 is 0 Å². The monoisotopic (exact) mass is 246 g/mol. The molecule has 0 radical (unpaired) electrons. The smallest absolute Gasteiger partial charge is 0.0730 e. The maximum atomic E-state index is 9.25. The number of benzene rings is 1. The molecule has 0 saturated heterocycles. The van der Waals surface area contributed by atoms with Gasteiger partial charge in [-0.1, -0.05) is 34.1 Å². The summed E-state index contributed by atoms with van der Waals surface area (Å²) in [5.74, 6) is 0.745. The number of halogens is 1. The first-order chi connectivity index (χ1) is 5.83. The van der Waals surface area contributed by atoms with Crippen molar-refractivity contribution in [2.24, 2.45) is 0 Å². The van der Waals surface area contributed by atoms with Gasteiger partial charge in [0.1, 0.15) is 0 Å². The van der Waals surface area contributed by atoms with Crippen LogP contribution >= 0.6 is 27.7 Å². The molecule has 1 unspecified atom stereocenters. The Morgan fingerprint density at radius 2 is 2.00 bits per heavy atom. The van der Waals surface area contributed by atoms with E-state index in [-0.39, 0.29) is 6.10 Å². The molecule has 12 heavy (non-hydrogen) atoms. The van der Waals surface area contributed by atoms with E-state index < -0.39 is 0 Å². The lowest BCUT2D eigenvalue weighted by Gasteiger charge is -2.05. The first-order valence-corrected chi connectivity index (χ1v) is 5.85. The Hall–Kier alpha value is 0.0100. The van der Waals surface area contributed by atoms with Gasteiger partial charge in [0.05, 0.1) is 6.10 Å². The number of aliphatic hydroxyl groups is 1. The number of hydrogen-bond donors (Lipinski definition) is 1. The molecule has 0 fully saturated rings. The minimum atomic E-state index is -0.254. The molecule has 1 aromatic rings. The maximum absolute atomic E-state index is 9.25. The van der Waals surface area contributed by atoms with E-state index >= 15 is 0 Å². The van der Waals surface area contributed by atoms with Gasteiger partial charge in [0.25, 0.3) is 0 Å². The summed E-state index contributed by atoms with van der Waals surface area (Å²) < 4.78 is 0. The van der Waals surface area contributed by atoms with E-state index in [1.807, 2.05) is 30.3 Å². The highest BCUT2D eigenvalue weighted by Crippen LogP contribution is 2.18. The normalized spacial score (nSPS) is 12.8. The highest BCUT2D eigenvalue weighted by molar-refractivity contribution is 9.09. The lowest BCUT2D eigenvalue weighted by atomic mass is 10.4. The lowest BCUT2D eigenvalue weighted by Crippen LogP contribution is -2.10. The molecule has 1 atom stereocenters. The van der Waals surface area contributed by atoms with Crippen LogP contribution in [0.1, 0.15) is 0 Å². The molecule has 0 aliphatic rings. The Labute approximate surface area is 85.3 Å². The third-order valence-corrected chi connectivity index (χ3v) is 3.27. The SMILES string of the molecule is OC(CBr)CSc1ccccc1. The van der Waals surface area contributed by atoms with Gasteiger partial charge in [0.2, 0.25) is 0 Å². The zero-order chi connectivity index (χ0) is 8.81. The largest absolute Gasteiger partial charge is 0.391 e. The van der Waals surface area contributed by atoms with Crippen LogP contribution in [0, 0.1) is 0 Å². The van der Waals surface area contributed by atoms with E-state index in [0.29, 0.717) is 5.33 Å². The molecule has 0 saturated carbocycles. The van der Waals surface area contributed by atoms with Crippen LogP contribution in [0.5, 0.6) is 0 Å². The quantitative estimate of drug-likeness (QED) is 0.651. The van der Waals surface area contributed by atoms with Crippen LogP contribution in [0.4, 0.5) is 0 Å². The van der Waals surface area contributed by atoms with Crippen molar-refractivity contribution >= 4 is 27.7 Å². The molecule has 0 spiro atoms. The molecule has 0 amide bonds. The first kappa shape index (κ1) is 10.1. The third kappa shape index (κ3) is 3.61. The first-order valence-electron chi connectivity index (χ1n) is 3.75. The fourth-order valence-corrected chi connectivity index (χ4v) is 2.14. The molecule has 0 heterocycles. The van der Waals surface area contributed by atoms with Crippen LogP contribution in [0.2, 0.25) is 0 Å². The van der Waals surface area contributed by atoms with Crippen LogP contribution in [0.3, 0.4) is 0 Å². The molecule has 1 aromatic carbocycles. The van der Waals surface area contributed by atoms with E-state index in [2.05, 4.69) is 15.9 Å². The van der Waals surface area contributed by atoms with Crippen LogP contribution in [0.15, 0.2) is 35.2 Å². The summed E-state index contributed by atoms with van der Waals surface area (Å²) in [6.07, 6.45) is -0.254. The molecule has 3 heteroatoms. The van der Waals surface area contributed by atoms with Crippen molar-refractivity contribution in [1.29, 1.82) is 0 Å². The Morgan fingerprint density at radius 3 is 2.58 bits per heavy atom. The Balaban J connectivity index is 2.33. The molecular weight excluding hydrogens is 236 g/mol. The van der Waals surface area contributed by atoms with Gasteiger partial charge in [-0.25, -0.2) is 0 Å². The van der Waals surface area contributed by atoms with Crippen LogP contribution in [-0.2, 0) is 0 Å². The Morgan fingerprint density at radius 1 is 1.33 bits per heavy atom. The highest BCUT2D eigenvalue weighted by Gasteiger charge is 2.01. The van der Waals surface area contributed by atoms with Crippen LogP contribution in [-0.4, -0.2) is 22.3 Å². The number of thioether (sulfide) groups is 1. The van der Waals surface area contributed by atoms with E-state index in [4.69, 9.17) is 0 Å². The minimum Gasteiger partial charge on any atom is -0.391 e. The summed E-state index contributed by atoms with van der Waals surface area (Å²) in [7, 11) is 0. The van der Waals surface area contributed by atoms with Crippen molar-refractivity contribution in [3.8, 4) is 0 Å². The molecular formula is C9H11BrOS. The van der Waals surface area contributed by atoms with Crippen molar-refractivity contribution in [2.45, 2.75) is 11.0 Å². The summed E-state index contributed by atoms with van der Waals surface area (Å²) in [5, 5.41) is 9.90. The maximum Gasteiger partial charge on any atom is 0.0730 e. The topological polar surface area (TPSA) is 20.2 Å². The number of aliphatic hydroxyl groups excluding tert-OH is 1. The molecule has 1 N–H and O–H groups in total. The van der Waals surface area contributed by atoms with Gasteiger partial charge in [0, 0.05) is 16.0 Å². The van der Waals surface area contributed by atoms with Crippen LogP contribution < -0.4 is 0 Å². The van der Waals surface area contributed by atoms with E-state index in [1.165, 1.54) is 4.90 Å². The zero-order valence-electron chi connectivity index (χ0n) is 6.61. The number of hydrogen-bond acceptors (Lipinski definition) is 2. The summed E-state index contributed by atoms with van der Waals surface area (Å²) in [5.41, 5.74) is 0. The van der Waals surface area contributed by atoms with E-state index in [9.17, 15) is 5.11 Å². The highest BCUT2D eigenvalue weighted by atomic mass is 79.9. The summed E-state index contributed by atoms with van der Waals surface area (Å²) >= 11 is 4.90. The van der Waals surface area contributed by atoms with Crippen LogP contribution in [0.25, 0.3) is 0 Å². The van der Waals surface area contributed by atoms with Crippen molar-refractivity contribution in [1.82, 2.24) is 0 Å². The van der Waals surface area contributed by atoms with Gasteiger partial charge in [-0.15, -0.1) is 11.8 Å². The number of rotatable bonds is 4. The third-order valence-electron chi connectivity index (χ3n) is 1.36. The van der Waals surface area contributed by atoms with Gasteiger partial charge in [0.15, 0.2) is 0 Å². The second-order valence-electron chi connectivity index (χ2n) is 2.43. The Kier molecular flexibility index (Phi) is 4.73. The fraction of sp³-hybridized carbons (Fsp3) is 0.333. The van der Waals surface area contributed by atoms with Crippen molar-refractivity contribution < 1.29 is 5.11 Å². The lowest BCUT2D eigenvalue weighted by molar-refractivity contribution is 0.226. The van der Waals surface area contributed by atoms with E-state index in [1.54, 1.807) is 11.8 Å². The summed E-state index contributed by atoms with van der Waals surface area (Å²) in [6.45, 7) is 0. The predicted molar refractivity (Wildman–Crippen MR) is 57.0 cm³/mol. The molecule has 1 nitrogen and oxygen atoms in total. The molecule has 0 aliphatic heterocycles. The second kappa shape index (κ2) is 5.62. The van der Waals surface area contributed by atoms with Gasteiger partial charge in [-0.05, 0) is 12.1 Å². The molecule has 1 rings (SSSR count).